The summed E-state index contributed by atoms with van der Waals surface area (Å²) in [6.07, 6.45) is 10.2. The van der Waals surface area contributed by atoms with Crippen LogP contribution in [-0.4, -0.2) is 32.3 Å². The van der Waals surface area contributed by atoms with Crippen LogP contribution in [0.4, 0.5) is 0 Å². The highest BCUT2D eigenvalue weighted by molar-refractivity contribution is 5.75. The highest BCUT2D eigenvalue weighted by atomic mass is 16.5. The fourth-order valence-electron chi connectivity index (χ4n) is 2.79. The minimum absolute atomic E-state index is 0.0928. The van der Waals surface area contributed by atoms with Crippen LogP contribution in [0.5, 0.6) is 0 Å². The molecule has 0 saturated carbocycles. The maximum atomic E-state index is 11.9. The molecule has 0 bridgehead atoms. The van der Waals surface area contributed by atoms with Gasteiger partial charge in [-0.25, -0.2) is 9.97 Å². The Balaban J connectivity index is 1.53. The fourth-order valence-corrected chi connectivity index (χ4v) is 2.79. The van der Waals surface area contributed by atoms with E-state index in [0.29, 0.717) is 12.4 Å². The van der Waals surface area contributed by atoms with Crippen molar-refractivity contribution >= 4 is 5.91 Å². The second kappa shape index (κ2) is 7.09. The van der Waals surface area contributed by atoms with Crippen LogP contribution in [0.2, 0.25) is 0 Å². The molecule has 2 aromatic rings. The third-order valence-corrected chi connectivity index (χ3v) is 4.20. The van der Waals surface area contributed by atoms with E-state index in [0.717, 1.165) is 37.0 Å². The second-order valence-electron chi connectivity index (χ2n) is 6.44. The van der Waals surface area contributed by atoms with Gasteiger partial charge in [-0.2, -0.15) is 5.10 Å². The molecule has 1 saturated heterocycles. The van der Waals surface area contributed by atoms with E-state index in [1.165, 1.54) is 0 Å². The molecule has 3 heterocycles. The SMILES string of the molecule is Cc1cnn(CC(=O)NCc2cnc(C3(C)CCCCO3)nc2)c1. The molecule has 1 amide bonds. The predicted molar refractivity (Wildman–Crippen MR) is 88.0 cm³/mol. The standard InChI is InChI=1S/C17H23N5O2/c1-13-7-21-22(11-13)12-15(23)18-8-14-9-19-16(20-10-14)17(2)5-3-4-6-24-17/h7,9-11H,3-6,8,12H2,1-2H3,(H,18,23). The molecule has 7 heteroatoms. The maximum absolute atomic E-state index is 11.9. The predicted octanol–water partition coefficient (Wildman–Crippen LogP) is 1.71. The van der Waals surface area contributed by atoms with E-state index in [-0.39, 0.29) is 12.5 Å². The molecule has 1 unspecified atom stereocenters. The Kier molecular flexibility index (Phi) is 4.89. The first kappa shape index (κ1) is 16.6. The molecule has 1 atom stereocenters. The molecular weight excluding hydrogens is 306 g/mol. The summed E-state index contributed by atoms with van der Waals surface area (Å²) >= 11 is 0. The van der Waals surface area contributed by atoms with Gasteiger partial charge in [0.25, 0.3) is 0 Å². The number of aryl methyl sites for hydroxylation is 1. The molecular formula is C17H23N5O2. The van der Waals surface area contributed by atoms with Crippen molar-refractivity contribution in [2.45, 2.75) is 51.8 Å². The van der Waals surface area contributed by atoms with E-state index in [9.17, 15) is 4.79 Å². The zero-order valence-corrected chi connectivity index (χ0v) is 14.2. The molecule has 1 aliphatic heterocycles. The molecule has 3 rings (SSSR count). The van der Waals surface area contributed by atoms with Crippen molar-refractivity contribution in [2.75, 3.05) is 6.61 Å². The molecule has 7 nitrogen and oxygen atoms in total. The normalized spacial score (nSPS) is 20.8. The average molecular weight is 329 g/mol. The first-order chi connectivity index (χ1) is 11.5. The van der Waals surface area contributed by atoms with Crippen molar-refractivity contribution in [3.05, 3.63) is 41.7 Å². The fraction of sp³-hybridized carbons (Fsp3) is 0.529. The lowest BCUT2D eigenvalue weighted by molar-refractivity contribution is -0.122. The van der Waals surface area contributed by atoms with Crippen LogP contribution in [0.1, 0.15) is 43.1 Å². The van der Waals surface area contributed by atoms with E-state index in [1.54, 1.807) is 23.3 Å². The van der Waals surface area contributed by atoms with Gasteiger partial charge in [-0.05, 0) is 38.7 Å². The zero-order valence-electron chi connectivity index (χ0n) is 14.2. The number of rotatable bonds is 5. The third-order valence-electron chi connectivity index (χ3n) is 4.20. The monoisotopic (exact) mass is 329 g/mol. The minimum Gasteiger partial charge on any atom is -0.367 e. The number of nitrogens with zero attached hydrogens (tertiary/aromatic N) is 4. The summed E-state index contributed by atoms with van der Waals surface area (Å²) in [5, 5.41) is 6.95. The van der Waals surface area contributed by atoms with Crippen molar-refractivity contribution in [1.29, 1.82) is 0 Å². The molecule has 0 aliphatic carbocycles. The average Bonchev–Trinajstić information content (AvgIpc) is 2.99. The number of hydrogen-bond donors (Lipinski definition) is 1. The smallest absolute Gasteiger partial charge is 0.241 e. The van der Waals surface area contributed by atoms with Crippen molar-refractivity contribution in [1.82, 2.24) is 25.1 Å². The van der Waals surface area contributed by atoms with Crippen LogP contribution < -0.4 is 5.32 Å². The Morgan fingerprint density at radius 3 is 2.75 bits per heavy atom. The van der Waals surface area contributed by atoms with Crippen LogP contribution in [0, 0.1) is 6.92 Å². The molecule has 0 radical (unpaired) electrons. The first-order valence-corrected chi connectivity index (χ1v) is 8.26. The van der Waals surface area contributed by atoms with Crippen LogP contribution >= 0.6 is 0 Å². The highest BCUT2D eigenvalue weighted by Gasteiger charge is 2.32. The van der Waals surface area contributed by atoms with Crippen LogP contribution in [0.15, 0.2) is 24.8 Å². The van der Waals surface area contributed by atoms with E-state index >= 15 is 0 Å². The molecule has 1 N–H and O–H groups in total. The summed E-state index contributed by atoms with van der Waals surface area (Å²) < 4.78 is 7.47. The molecule has 0 spiro atoms. The minimum atomic E-state index is -0.391. The molecule has 128 valence electrons. The Labute approximate surface area is 141 Å². The van der Waals surface area contributed by atoms with Gasteiger partial charge in [-0.1, -0.05) is 0 Å². The third kappa shape index (κ3) is 3.97. The van der Waals surface area contributed by atoms with Crippen LogP contribution in [0.3, 0.4) is 0 Å². The van der Waals surface area contributed by atoms with E-state index in [4.69, 9.17) is 4.74 Å². The maximum Gasteiger partial charge on any atom is 0.241 e. The molecule has 0 aromatic carbocycles. The lowest BCUT2D eigenvalue weighted by Crippen LogP contribution is -2.32. The summed E-state index contributed by atoms with van der Waals surface area (Å²) in [6, 6.07) is 0. The number of ether oxygens (including phenoxy) is 1. The molecule has 2 aromatic heterocycles. The molecule has 24 heavy (non-hydrogen) atoms. The largest absolute Gasteiger partial charge is 0.367 e. The van der Waals surface area contributed by atoms with Crippen LogP contribution in [-0.2, 0) is 28.2 Å². The lowest BCUT2D eigenvalue weighted by atomic mass is 9.95. The van der Waals surface area contributed by atoms with Gasteiger partial charge >= 0.3 is 0 Å². The van der Waals surface area contributed by atoms with Crippen molar-refractivity contribution in [3.8, 4) is 0 Å². The number of aromatic nitrogens is 4. The van der Waals surface area contributed by atoms with Gasteiger partial charge in [0.05, 0.1) is 6.20 Å². The van der Waals surface area contributed by atoms with Crippen molar-refractivity contribution in [2.24, 2.45) is 0 Å². The quantitative estimate of drug-likeness (QED) is 0.903. The topological polar surface area (TPSA) is 81.9 Å². The summed E-state index contributed by atoms with van der Waals surface area (Å²) in [7, 11) is 0. The first-order valence-electron chi connectivity index (χ1n) is 8.26. The van der Waals surface area contributed by atoms with Crippen molar-refractivity contribution < 1.29 is 9.53 Å². The Morgan fingerprint density at radius 2 is 2.12 bits per heavy atom. The van der Waals surface area contributed by atoms with Gasteiger partial charge in [0, 0.05) is 37.3 Å². The van der Waals surface area contributed by atoms with Gasteiger partial charge in [-0.15, -0.1) is 0 Å². The Morgan fingerprint density at radius 1 is 1.33 bits per heavy atom. The molecule has 1 aliphatic rings. The summed E-state index contributed by atoms with van der Waals surface area (Å²) in [4.78, 5) is 20.8. The van der Waals surface area contributed by atoms with Gasteiger partial charge in [0.1, 0.15) is 12.1 Å². The van der Waals surface area contributed by atoms with Gasteiger partial charge < -0.3 is 10.1 Å². The molecule has 1 fully saturated rings. The summed E-state index contributed by atoms with van der Waals surface area (Å²) in [5.41, 5.74) is 1.51. The lowest BCUT2D eigenvalue weighted by Gasteiger charge is -2.32. The van der Waals surface area contributed by atoms with Gasteiger partial charge in [0.15, 0.2) is 5.82 Å². The van der Waals surface area contributed by atoms with E-state index < -0.39 is 5.60 Å². The van der Waals surface area contributed by atoms with Gasteiger partial charge in [-0.3, -0.25) is 9.48 Å². The zero-order chi connectivity index (χ0) is 17.0. The number of hydrogen-bond acceptors (Lipinski definition) is 5. The number of carbonyl (C=O) groups is 1. The van der Waals surface area contributed by atoms with Crippen molar-refractivity contribution in [3.63, 3.8) is 0 Å². The Hall–Kier alpha value is -2.28. The van der Waals surface area contributed by atoms with Crippen LogP contribution in [0.25, 0.3) is 0 Å². The van der Waals surface area contributed by atoms with E-state index in [1.807, 2.05) is 20.0 Å². The number of nitrogens with one attached hydrogen (secondary N) is 1. The van der Waals surface area contributed by atoms with E-state index in [2.05, 4.69) is 20.4 Å². The second-order valence-corrected chi connectivity index (χ2v) is 6.44. The number of amides is 1. The summed E-state index contributed by atoms with van der Waals surface area (Å²) in [5.74, 6) is 0.619. The number of carbonyl (C=O) groups excluding carboxylic acids is 1. The summed E-state index contributed by atoms with van der Waals surface area (Å²) in [6.45, 7) is 5.34. The Bertz CT molecular complexity index is 689. The highest BCUT2D eigenvalue weighted by Crippen LogP contribution is 2.32. The van der Waals surface area contributed by atoms with Gasteiger partial charge in [0.2, 0.25) is 5.91 Å².